The largest absolute Gasteiger partial charge is 0.493 e. The molecule has 0 aromatic heterocycles. The maximum atomic E-state index is 14.3. The molecule has 0 saturated carbocycles. The van der Waals surface area contributed by atoms with E-state index in [-0.39, 0.29) is 44.4 Å². The summed E-state index contributed by atoms with van der Waals surface area (Å²) in [5, 5.41) is 29.7. The van der Waals surface area contributed by atoms with E-state index >= 15 is 0 Å². The summed E-state index contributed by atoms with van der Waals surface area (Å²) in [5.41, 5.74) is 0.497. The molecule has 12 heteroatoms. The van der Waals surface area contributed by atoms with Gasteiger partial charge in [0.2, 0.25) is 5.91 Å². The van der Waals surface area contributed by atoms with Crippen molar-refractivity contribution in [3.63, 3.8) is 0 Å². The number of aliphatic hydroxyl groups excluding tert-OH is 2. The minimum absolute atomic E-state index is 0.00778. The lowest BCUT2D eigenvalue weighted by atomic mass is 9.91. The van der Waals surface area contributed by atoms with Crippen molar-refractivity contribution in [2.75, 3.05) is 52.0 Å². The van der Waals surface area contributed by atoms with Crippen LogP contribution < -0.4 is 14.4 Å². The average molecular weight is 619 g/mol. The second-order valence-corrected chi connectivity index (χ2v) is 11.9. The number of anilines is 1. The van der Waals surface area contributed by atoms with E-state index in [1.54, 1.807) is 48.2 Å². The number of piperidine rings is 1. The van der Waals surface area contributed by atoms with Crippen LogP contribution in [0.5, 0.6) is 11.5 Å². The van der Waals surface area contributed by atoms with Crippen LogP contribution in [0.4, 0.5) is 5.69 Å². The van der Waals surface area contributed by atoms with Gasteiger partial charge >= 0.3 is 5.97 Å². The molecule has 1 saturated heterocycles. The molecule has 2 aromatic rings. The van der Waals surface area contributed by atoms with E-state index in [1.165, 1.54) is 19.1 Å². The summed E-state index contributed by atoms with van der Waals surface area (Å²) in [6.07, 6.45) is -1.23. The molecule has 0 spiro atoms. The molecule has 11 nitrogen and oxygen atoms in total. The Balaban J connectivity index is 1.76. The molecule has 2 aliphatic rings. The highest BCUT2D eigenvalue weighted by Gasteiger charge is 2.42. The SMILES string of the molecule is COc1cccc([C@H]2O[C@H](CC(=O)N3CCC(CC(=O)O)CC3)C(=O)N(CC(C)(CO)CO)c3ccc(Cl)cc32)c1OC. The maximum absolute atomic E-state index is 14.3. The second kappa shape index (κ2) is 13.9. The van der Waals surface area contributed by atoms with Crippen molar-refractivity contribution in [2.45, 2.75) is 44.8 Å². The summed E-state index contributed by atoms with van der Waals surface area (Å²) in [7, 11) is 3.01. The zero-order valence-corrected chi connectivity index (χ0v) is 25.4. The summed E-state index contributed by atoms with van der Waals surface area (Å²) in [5.74, 6) is -0.826. The van der Waals surface area contributed by atoms with E-state index < -0.39 is 29.5 Å². The number of hydrogen-bond donors (Lipinski definition) is 3. The molecule has 0 bridgehead atoms. The summed E-state index contributed by atoms with van der Waals surface area (Å²) in [6.45, 7) is 1.60. The molecular formula is C31H39ClN2O9. The standard InChI is InChI=1S/C31H39ClN2O9/c1-31(17-35,18-36)16-34-23-8-7-20(32)14-22(23)28(21-5-4-6-24(41-2)29(21)42-3)43-25(30(34)40)15-26(37)33-11-9-19(10-12-33)13-27(38)39/h4-8,14,19,25,28,35-36H,9-13,15-18H2,1-3H3,(H,38,39)/t25-,28-/m1/s1. The Labute approximate surface area is 255 Å². The molecule has 2 amide bonds. The fraction of sp³-hybridized carbons (Fsp3) is 0.516. The molecule has 2 heterocycles. The molecule has 4 rings (SSSR count). The number of aliphatic hydroxyl groups is 2. The normalized spacial score (nSPS) is 19.5. The van der Waals surface area contributed by atoms with Gasteiger partial charge in [0.25, 0.3) is 5.91 Å². The van der Waals surface area contributed by atoms with E-state index in [1.807, 2.05) is 0 Å². The molecule has 43 heavy (non-hydrogen) atoms. The van der Waals surface area contributed by atoms with Gasteiger partial charge in [0.15, 0.2) is 11.5 Å². The topological polar surface area (TPSA) is 146 Å². The number of benzene rings is 2. The third-order valence-corrected chi connectivity index (χ3v) is 8.45. The number of aliphatic carboxylic acids is 1. The van der Waals surface area contributed by atoms with E-state index in [0.717, 1.165) is 0 Å². The van der Waals surface area contributed by atoms with Crippen LogP contribution >= 0.6 is 11.6 Å². The first-order valence-corrected chi connectivity index (χ1v) is 14.6. The Morgan fingerprint density at radius 3 is 2.35 bits per heavy atom. The van der Waals surface area contributed by atoms with E-state index in [0.29, 0.717) is 59.3 Å². The Bertz CT molecular complexity index is 1320. The number of carbonyl (C=O) groups excluding carboxylic acids is 2. The van der Waals surface area contributed by atoms with Crippen molar-refractivity contribution in [1.29, 1.82) is 0 Å². The Morgan fingerprint density at radius 2 is 1.74 bits per heavy atom. The van der Waals surface area contributed by atoms with Gasteiger partial charge in [0, 0.05) is 53.3 Å². The highest BCUT2D eigenvalue weighted by molar-refractivity contribution is 6.30. The van der Waals surface area contributed by atoms with Crippen LogP contribution in [0, 0.1) is 11.3 Å². The number of rotatable bonds is 11. The summed E-state index contributed by atoms with van der Waals surface area (Å²) < 4.78 is 17.8. The number of fused-ring (bicyclic) bond motifs is 1. The number of carboxylic acid groups (broad SMARTS) is 1. The van der Waals surface area contributed by atoms with Gasteiger partial charge in [-0.25, -0.2) is 0 Å². The van der Waals surface area contributed by atoms with Gasteiger partial charge in [0.05, 0.1) is 33.9 Å². The fourth-order valence-corrected chi connectivity index (χ4v) is 5.86. The van der Waals surface area contributed by atoms with Crippen LogP contribution in [-0.4, -0.2) is 91.2 Å². The average Bonchev–Trinajstić information content (AvgIpc) is 3.10. The first-order chi connectivity index (χ1) is 20.5. The molecular weight excluding hydrogens is 580 g/mol. The number of halogens is 1. The fourth-order valence-electron chi connectivity index (χ4n) is 5.68. The van der Waals surface area contributed by atoms with E-state index in [2.05, 4.69) is 0 Å². The number of para-hydroxylation sites is 1. The predicted octanol–water partition coefficient (Wildman–Crippen LogP) is 3.27. The number of carbonyl (C=O) groups is 3. The van der Waals surface area contributed by atoms with Crippen molar-refractivity contribution in [1.82, 2.24) is 4.90 Å². The Morgan fingerprint density at radius 1 is 1.05 bits per heavy atom. The first kappa shape index (κ1) is 32.5. The molecule has 1 fully saturated rings. The quantitative estimate of drug-likeness (QED) is 0.345. The molecule has 2 aliphatic heterocycles. The van der Waals surface area contributed by atoms with Crippen LogP contribution in [0.15, 0.2) is 36.4 Å². The van der Waals surface area contributed by atoms with Crippen LogP contribution in [0.2, 0.25) is 5.02 Å². The lowest BCUT2D eigenvalue weighted by Crippen LogP contribution is -2.49. The van der Waals surface area contributed by atoms with Crippen molar-refractivity contribution in [3.05, 3.63) is 52.5 Å². The van der Waals surface area contributed by atoms with Crippen LogP contribution in [0.1, 0.15) is 49.8 Å². The summed E-state index contributed by atoms with van der Waals surface area (Å²) in [6, 6.07) is 10.3. The lowest BCUT2D eigenvalue weighted by Gasteiger charge is -2.35. The Hall–Kier alpha value is -3.38. The number of hydrogen-bond acceptors (Lipinski definition) is 8. The van der Waals surface area contributed by atoms with Gasteiger partial charge in [-0.1, -0.05) is 30.7 Å². The van der Waals surface area contributed by atoms with Gasteiger partial charge in [-0.3, -0.25) is 14.4 Å². The van der Waals surface area contributed by atoms with Gasteiger partial charge in [0.1, 0.15) is 12.2 Å². The number of nitrogens with zero attached hydrogens (tertiary/aromatic N) is 2. The number of ether oxygens (including phenoxy) is 3. The molecule has 3 N–H and O–H groups in total. The van der Waals surface area contributed by atoms with Gasteiger partial charge < -0.3 is 39.3 Å². The Kier molecular flexibility index (Phi) is 10.5. The van der Waals surface area contributed by atoms with Crippen molar-refractivity contribution in [3.8, 4) is 11.5 Å². The monoisotopic (exact) mass is 618 g/mol. The van der Waals surface area contributed by atoms with Gasteiger partial charge in [-0.2, -0.15) is 0 Å². The smallest absolute Gasteiger partial charge is 0.303 e. The number of likely N-dealkylation sites (tertiary alicyclic amines) is 1. The number of methoxy groups -OCH3 is 2. The molecule has 0 radical (unpaired) electrons. The third kappa shape index (κ3) is 7.23. The lowest BCUT2D eigenvalue weighted by molar-refractivity contribution is -0.144. The first-order valence-electron chi connectivity index (χ1n) is 14.2. The predicted molar refractivity (Wildman–Crippen MR) is 159 cm³/mol. The van der Waals surface area contributed by atoms with Crippen molar-refractivity contribution in [2.24, 2.45) is 11.3 Å². The number of amides is 2. The highest BCUT2D eigenvalue weighted by Crippen LogP contribution is 2.45. The van der Waals surface area contributed by atoms with Crippen LogP contribution in [0.3, 0.4) is 0 Å². The van der Waals surface area contributed by atoms with Crippen molar-refractivity contribution < 1.29 is 43.9 Å². The van der Waals surface area contributed by atoms with Gasteiger partial charge in [-0.15, -0.1) is 0 Å². The minimum atomic E-state index is -1.24. The molecule has 0 unspecified atom stereocenters. The minimum Gasteiger partial charge on any atom is -0.493 e. The molecule has 2 aromatic carbocycles. The van der Waals surface area contributed by atoms with Gasteiger partial charge in [-0.05, 0) is 43.0 Å². The van der Waals surface area contributed by atoms with E-state index in [9.17, 15) is 24.6 Å². The third-order valence-electron chi connectivity index (χ3n) is 8.21. The van der Waals surface area contributed by atoms with Crippen molar-refractivity contribution >= 4 is 35.1 Å². The highest BCUT2D eigenvalue weighted by atomic mass is 35.5. The summed E-state index contributed by atoms with van der Waals surface area (Å²) in [4.78, 5) is 42.1. The van der Waals surface area contributed by atoms with E-state index in [4.69, 9.17) is 30.9 Å². The van der Waals surface area contributed by atoms with Crippen LogP contribution in [0.25, 0.3) is 0 Å². The number of carboxylic acids is 1. The molecule has 0 aliphatic carbocycles. The summed E-state index contributed by atoms with van der Waals surface area (Å²) >= 11 is 6.46. The van der Waals surface area contributed by atoms with Crippen LogP contribution in [-0.2, 0) is 19.1 Å². The molecule has 234 valence electrons. The second-order valence-electron chi connectivity index (χ2n) is 11.5. The maximum Gasteiger partial charge on any atom is 0.303 e. The zero-order chi connectivity index (χ0) is 31.3. The molecule has 2 atom stereocenters. The zero-order valence-electron chi connectivity index (χ0n) is 24.6.